The molecule has 12 heteroatoms. The zero-order chi connectivity index (χ0) is 19.7. The van der Waals surface area contributed by atoms with Crippen molar-refractivity contribution in [2.45, 2.75) is 16.7 Å². The van der Waals surface area contributed by atoms with Gasteiger partial charge in [0.25, 0.3) is 20.2 Å². The molecule has 0 aliphatic rings. The lowest BCUT2D eigenvalue weighted by atomic mass is 10.1. The van der Waals surface area contributed by atoms with Crippen molar-refractivity contribution < 1.29 is 30.7 Å². The molecule has 0 radical (unpaired) electrons. The van der Waals surface area contributed by atoms with Crippen molar-refractivity contribution >= 4 is 37.3 Å². The first-order chi connectivity index (χ1) is 11.9. The highest BCUT2D eigenvalue weighted by atomic mass is 32.2. The van der Waals surface area contributed by atoms with Gasteiger partial charge in [0.1, 0.15) is 16.3 Å². The Hall–Kier alpha value is -2.54. The summed E-state index contributed by atoms with van der Waals surface area (Å²) in [7, 11) is -7.92. The molecule has 0 spiro atoms. The van der Waals surface area contributed by atoms with Crippen molar-refractivity contribution in [2.75, 3.05) is 12.8 Å². The highest BCUT2D eigenvalue weighted by molar-refractivity contribution is 7.86. The van der Waals surface area contributed by atoms with Gasteiger partial charge in [-0.1, -0.05) is 0 Å². The normalized spacial score (nSPS) is 12.5. The Balaban J connectivity index is 2.63. The summed E-state index contributed by atoms with van der Waals surface area (Å²) >= 11 is 0. The summed E-state index contributed by atoms with van der Waals surface area (Å²) < 4.78 is 68.8. The fourth-order valence-corrected chi connectivity index (χ4v) is 3.15. The van der Waals surface area contributed by atoms with Gasteiger partial charge in [-0.05, 0) is 36.8 Å². The largest absolute Gasteiger partial charge is 0.495 e. The number of nitrogens with two attached hydrogens (primary N) is 1. The van der Waals surface area contributed by atoms with Gasteiger partial charge in [0.15, 0.2) is 0 Å². The van der Waals surface area contributed by atoms with Crippen LogP contribution < -0.4 is 10.5 Å². The van der Waals surface area contributed by atoms with E-state index in [1.165, 1.54) is 13.2 Å². The third-order valence-electron chi connectivity index (χ3n) is 3.32. The van der Waals surface area contributed by atoms with Crippen LogP contribution in [0.2, 0.25) is 0 Å². The van der Waals surface area contributed by atoms with Gasteiger partial charge in [0, 0.05) is 6.07 Å². The number of benzene rings is 2. The van der Waals surface area contributed by atoms with Crippen molar-refractivity contribution in [3.8, 4) is 5.75 Å². The third kappa shape index (κ3) is 4.35. The lowest BCUT2D eigenvalue weighted by Crippen LogP contribution is -2.02. The molecular formula is C14H15N3O7S2. The monoisotopic (exact) mass is 401 g/mol. The minimum atomic E-state index is -4.70. The Bertz CT molecular complexity index is 1090. The van der Waals surface area contributed by atoms with Gasteiger partial charge in [-0.2, -0.15) is 21.9 Å². The van der Waals surface area contributed by atoms with E-state index in [1.807, 2.05) is 0 Å². The molecule has 10 nitrogen and oxygen atoms in total. The van der Waals surface area contributed by atoms with Crippen LogP contribution >= 0.6 is 0 Å². The quantitative estimate of drug-likeness (QED) is 0.390. The van der Waals surface area contributed by atoms with Gasteiger partial charge in [0.2, 0.25) is 0 Å². The SMILES string of the molecule is COc1cc(/N=N/c2cc(S(=O)(=O)O)ccc2S(=O)(=O)O)c(C)cc1N. The first-order valence-corrected chi connectivity index (χ1v) is 9.76. The van der Waals surface area contributed by atoms with Crippen LogP contribution in [-0.4, -0.2) is 33.1 Å². The number of azo groups is 1. The van der Waals surface area contributed by atoms with Crippen molar-refractivity contribution in [3.05, 3.63) is 35.9 Å². The topological polar surface area (TPSA) is 169 Å². The summed E-state index contributed by atoms with van der Waals surface area (Å²) in [4.78, 5) is -1.28. The second-order valence-electron chi connectivity index (χ2n) is 5.16. The average molecular weight is 401 g/mol. The maximum Gasteiger partial charge on any atom is 0.296 e. The third-order valence-corrected chi connectivity index (χ3v) is 5.07. The van der Waals surface area contributed by atoms with E-state index in [-0.39, 0.29) is 5.69 Å². The maximum atomic E-state index is 11.4. The van der Waals surface area contributed by atoms with Crippen LogP contribution in [0.15, 0.2) is 50.4 Å². The molecule has 0 bridgehead atoms. The second kappa shape index (κ2) is 6.99. The van der Waals surface area contributed by atoms with Gasteiger partial charge < -0.3 is 10.5 Å². The minimum absolute atomic E-state index is 0.273. The Labute approximate surface area is 149 Å². The molecule has 0 atom stereocenters. The fourth-order valence-electron chi connectivity index (χ4n) is 2.05. The zero-order valence-electron chi connectivity index (χ0n) is 13.6. The molecule has 0 heterocycles. The highest BCUT2D eigenvalue weighted by Gasteiger charge is 2.20. The molecule has 0 amide bonds. The number of methoxy groups -OCH3 is 1. The van der Waals surface area contributed by atoms with E-state index in [4.69, 9.17) is 15.0 Å². The molecule has 0 aliphatic carbocycles. The lowest BCUT2D eigenvalue weighted by molar-refractivity contribution is 0.417. The van der Waals surface area contributed by atoms with Gasteiger partial charge in [0.05, 0.1) is 23.4 Å². The van der Waals surface area contributed by atoms with E-state index in [0.717, 1.165) is 18.2 Å². The number of hydrogen-bond donors (Lipinski definition) is 3. The molecule has 0 aromatic heterocycles. The Morgan fingerprint density at radius 2 is 1.58 bits per heavy atom. The molecule has 0 unspecified atom stereocenters. The van der Waals surface area contributed by atoms with Crippen LogP contribution in [0.5, 0.6) is 5.75 Å². The number of nitrogen functional groups attached to an aromatic ring is 1. The van der Waals surface area contributed by atoms with Crippen molar-refractivity contribution in [1.29, 1.82) is 0 Å². The Morgan fingerprint density at radius 1 is 0.962 bits per heavy atom. The molecule has 4 N–H and O–H groups in total. The zero-order valence-corrected chi connectivity index (χ0v) is 15.2. The average Bonchev–Trinajstić information content (AvgIpc) is 2.52. The maximum absolute atomic E-state index is 11.4. The minimum Gasteiger partial charge on any atom is -0.495 e. The second-order valence-corrected chi connectivity index (χ2v) is 7.97. The van der Waals surface area contributed by atoms with Crippen LogP contribution in [0, 0.1) is 6.92 Å². The number of ether oxygens (including phenoxy) is 1. The molecule has 2 aromatic carbocycles. The number of rotatable bonds is 5. The predicted octanol–water partition coefficient (Wildman–Crippen LogP) is 2.49. The molecule has 0 aliphatic heterocycles. The van der Waals surface area contributed by atoms with E-state index < -0.39 is 35.7 Å². The molecule has 0 saturated heterocycles. The summed E-state index contributed by atoms with van der Waals surface area (Å²) in [5.74, 6) is 0.311. The summed E-state index contributed by atoms with van der Waals surface area (Å²) in [5.41, 5.74) is 6.50. The number of nitrogens with zero attached hydrogens (tertiary/aromatic N) is 2. The van der Waals surface area contributed by atoms with Gasteiger partial charge in [-0.25, -0.2) is 0 Å². The van der Waals surface area contributed by atoms with Crippen LogP contribution in [0.1, 0.15) is 5.56 Å². The smallest absolute Gasteiger partial charge is 0.296 e. The van der Waals surface area contributed by atoms with Gasteiger partial charge in [-0.3, -0.25) is 9.11 Å². The van der Waals surface area contributed by atoms with Crippen LogP contribution in [0.25, 0.3) is 0 Å². The molecular weight excluding hydrogens is 386 g/mol. The molecule has 140 valence electrons. The fraction of sp³-hybridized carbons (Fsp3) is 0.143. The Kier molecular flexibility index (Phi) is 5.32. The van der Waals surface area contributed by atoms with Crippen molar-refractivity contribution in [2.24, 2.45) is 10.2 Å². The summed E-state index contributed by atoms with van der Waals surface area (Å²) in [6, 6.07) is 5.39. The first kappa shape index (κ1) is 19.8. The van der Waals surface area contributed by atoms with Gasteiger partial charge in [-0.15, -0.1) is 5.11 Å². The van der Waals surface area contributed by atoms with E-state index in [2.05, 4.69) is 10.2 Å². The number of hydrogen-bond acceptors (Lipinski definition) is 8. The van der Waals surface area contributed by atoms with Crippen LogP contribution in [0.3, 0.4) is 0 Å². The van der Waals surface area contributed by atoms with E-state index in [1.54, 1.807) is 13.0 Å². The van der Waals surface area contributed by atoms with Gasteiger partial charge >= 0.3 is 0 Å². The van der Waals surface area contributed by atoms with E-state index >= 15 is 0 Å². The van der Waals surface area contributed by atoms with E-state index in [9.17, 15) is 21.4 Å². The summed E-state index contributed by atoms with van der Waals surface area (Å²) in [6.07, 6.45) is 0. The highest BCUT2D eigenvalue weighted by Crippen LogP contribution is 2.33. The Morgan fingerprint density at radius 3 is 2.12 bits per heavy atom. The van der Waals surface area contributed by atoms with Crippen molar-refractivity contribution in [3.63, 3.8) is 0 Å². The summed E-state index contributed by atoms with van der Waals surface area (Å²) in [5, 5.41) is 7.56. The van der Waals surface area contributed by atoms with Crippen LogP contribution in [0.4, 0.5) is 17.1 Å². The lowest BCUT2D eigenvalue weighted by Gasteiger charge is -2.08. The predicted molar refractivity (Wildman–Crippen MR) is 92.4 cm³/mol. The number of anilines is 1. The summed E-state index contributed by atoms with van der Waals surface area (Å²) in [6.45, 7) is 1.67. The van der Waals surface area contributed by atoms with E-state index in [0.29, 0.717) is 17.0 Å². The van der Waals surface area contributed by atoms with Crippen molar-refractivity contribution in [1.82, 2.24) is 0 Å². The standard InChI is InChI=1S/C14H15N3O7S2/c1-8-5-10(15)13(24-2)7-11(8)16-17-12-6-9(25(18,19)20)3-4-14(12)26(21,22)23/h3-7H,15H2,1-2H3,(H,18,19,20)(H,21,22,23)/b17-16+. The molecule has 26 heavy (non-hydrogen) atoms. The molecule has 2 aromatic rings. The van der Waals surface area contributed by atoms with Crippen LogP contribution in [-0.2, 0) is 20.2 Å². The molecule has 0 saturated carbocycles. The first-order valence-electron chi connectivity index (χ1n) is 6.88. The molecule has 0 fully saturated rings. The molecule has 2 rings (SSSR count). The number of aryl methyl sites for hydroxylation is 1.